The van der Waals surface area contributed by atoms with Crippen LogP contribution in [0, 0.1) is 0 Å². The average molecular weight is 281 g/mol. The van der Waals surface area contributed by atoms with Gasteiger partial charge < -0.3 is 9.73 Å². The van der Waals surface area contributed by atoms with Crippen LogP contribution in [0.4, 0.5) is 0 Å². The number of aromatic nitrogens is 1. The third kappa shape index (κ3) is 2.93. The van der Waals surface area contributed by atoms with Crippen molar-refractivity contribution in [2.45, 2.75) is 19.5 Å². The van der Waals surface area contributed by atoms with Gasteiger partial charge in [-0.15, -0.1) is 0 Å². The summed E-state index contributed by atoms with van der Waals surface area (Å²) in [6.07, 6.45) is 1.69. The molecule has 16 heavy (non-hydrogen) atoms. The molecule has 0 amide bonds. The first-order valence-corrected chi connectivity index (χ1v) is 5.93. The summed E-state index contributed by atoms with van der Waals surface area (Å²) in [6, 6.07) is 9.94. The topological polar surface area (TPSA) is 38.1 Å². The fourth-order valence-electron chi connectivity index (χ4n) is 1.44. The van der Waals surface area contributed by atoms with Crippen LogP contribution in [0.2, 0.25) is 0 Å². The molecule has 1 N–H and O–H groups in total. The Hall–Kier alpha value is -1.13. The van der Waals surface area contributed by atoms with Gasteiger partial charge >= 0.3 is 0 Å². The standard InChI is InChI=1S/C12H13BrN2O/c1-9(11-5-3-7-16-11)14-8-10-4-2-6-12(13)15-10/h2-7,9,14H,8H2,1H3/t9-/m0/s1. The molecule has 0 unspecified atom stereocenters. The summed E-state index contributed by atoms with van der Waals surface area (Å²) in [5.41, 5.74) is 1.01. The van der Waals surface area contributed by atoms with E-state index in [1.54, 1.807) is 6.26 Å². The second-order valence-electron chi connectivity index (χ2n) is 3.57. The van der Waals surface area contributed by atoms with Gasteiger partial charge in [0.05, 0.1) is 18.0 Å². The molecule has 0 saturated heterocycles. The van der Waals surface area contributed by atoms with Crippen LogP contribution in [0.5, 0.6) is 0 Å². The zero-order valence-electron chi connectivity index (χ0n) is 8.98. The molecule has 0 radical (unpaired) electrons. The van der Waals surface area contributed by atoms with E-state index in [0.717, 1.165) is 22.6 Å². The van der Waals surface area contributed by atoms with Crippen molar-refractivity contribution in [2.24, 2.45) is 0 Å². The second kappa shape index (κ2) is 5.27. The Morgan fingerprint density at radius 3 is 2.94 bits per heavy atom. The highest BCUT2D eigenvalue weighted by Gasteiger charge is 2.07. The fourth-order valence-corrected chi connectivity index (χ4v) is 1.83. The molecule has 0 aliphatic rings. The number of nitrogens with one attached hydrogen (secondary N) is 1. The summed E-state index contributed by atoms with van der Waals surface area (Å²) in [4.78, 5) is 4.35. The van der Waals surface area contributed by atoms with Crippen LogP contribution in [-0.2, 0) is 6.54 Å². The van der Waals surface area contributed by atoms with Crippen molar-refractivity contribution < 1.29 is 4.42 Å². The van der Waals surface area contributed by atoms with E-state index in [4.69, 9.17) is 4.42 Å². The van der Waals surface area contributed by atoms with E-state index in [1.807, 2.05) is 30.3 Å². The van der Waals surface area contributed by atoms with Gasteiger partial charge in [-0.05, 0) is 47.1 Å². The summed E-state index contributed by atoms with van der Waals surface area (Å²) in [6.45, 7) is 2.79. The number of pyridine rings is 1. The molecular weight excluding hydrogens is 268 g/mol. The molecule has 0 aliphatic carbocycles. The van der Waals surface area contributed by atoms with Crippen LogP contribution in [-0.4, -0.2) is 4.98 Å². The minimum atomic E-state index is 0.191. The highest BCUT2D eigenvalue weighted by atomic mass is 79.9. The lowest BCUT2D eigenvalue weighted by molar-refractivity contribution is 0.428. The number of furan rings is 1. The molecule has 2 heterocycles. The van der Waals surface area contributed by atoms with Crippen molar-refractivity contribution in [1.82, 2.24) is 10.3 Å². The monoisotopic (exact) mass is 280 g/mol. The molecular formula is C12H13BrN2O. The summed E-state index contributed by atoms with van der Waals surface area (Å²) < 4.78 is 6.17. The van der Waals surface area contributed by atoms with Gasteiger partial charge in [0.15, 0.2) is 0 Å². The summed E-state index contributed by atoms with van der Waals surface area (Å²) in [5.74, 6) is 0.940. The number of halogens is 1. The van der Waals surface area contributed by atoms with Crippen molar-refractivity contribution in [2.75, 3.05) is 0 Å². The summed E-state index contributed by atoms with van der Waals surface area (Å²) in [5, 5.41) is 3.35. The molecule has 84 valence electrons. The molecule has 0 spiro atoms. The SMILES string of the molecule is C[C@H](NCc1cccc(Br)n1)c1ccco1. The van der Waals surface area contributed by atoms with Crippen molar-refractivity contribution >= 4 is 15.9 Å². The Bertz CT molecular complexity index is 442. The lowest BCUT2D eigenvalue weighted by atomic mass is 10.2. The van der Waals surface area contributed by atoms with Crippen LogP contribution in [0.15, 0.2) is 45.6 Å². The predicted molar refractivity (Wildman–Crippen MR) is 65.9 cm³/mol. The summed E-state index contributed by atoms with van der Waals surface area (Å²) in [7, 11) is 0. The first-order valence-electron chi connectivity index (χ1n) is 5.14. The molecule has 3 nitrogen and oxygen atoms in total. The molecule has 4 heteroatoms. The molecule has 2 aromatic heterocycles. The van der Waals surface area contributed by atoms with Gasteiger partial charge in [-0.2, -0.15) is 0 Å². The van der Waals surface area contributed by atoms with E-state index < -0.39 is 0 Å². The van der Waals surface area contributed by atoms with E-state index in [-0.39, 0.29) is 6.04 Å². The van der Waals surface area contributed by atoms with E-state index in [1.165, 1.54) is 0 Å². The molecule has 0 bridgehead atoms. The zero-order valence-corrected chi connectivity index (χ0v) is 10.6. The molecule has 1 atom stereocenters. The predicted octanol–water partition coefficient (Wildman–Crippen LogP) is 3.29. The second-order valence-corrected chi connectivity index (χ2v) is 4.38. The fraction of sp³-hybridized carbons (Fsp3) is 0.250. The van der Waals surface area contributed by atoms with Gasteiger partial charge in [0.2, 0.25) is 0 Å². The van der Waals surface area contributed by atoms with Crippen LogP contribution >= 0.6 is 15.9 Å². The lowest BCUT2D eigenvalue weighted by Gasteiger charge is -2.10. The normalized spacial score (nSPS) is 12.6. The first-order chi connectivity index (χ1) is 7.75. The smallest absolute Gasteiger partial charge is 0.120 e. The molecule has 0 saturated carbocycles. The molecule has 0 fully saturated rings. The number of rotatable bonds is 4. The van der Waals surface area contributed by atoms with E-state index in [9.17, 15) is 0 Å². The minimum Gasteiger partial charge on any atom is -0.468 e. The van der Waals surface area contributed by atoms with Gasteiger partial charge in [0.1, 0.15) is 10.4 Å². The number of hydrogen-bond acceptors (Lipinski definition) is 3. The van der Waals surface area contributed by atoms with Gasteiger partial charge in [-0.1, -0.05) is 6.07 Å². The van der Waals surface area contributed by atoms with Gasteiger partial charge in [0.25, 0.3) is 0 Å². The zero-order chi connectivity index (χ0) is 11.4. The van der Waals surface area contributed by atoms with Crippen LogP contribution in [0.3, 0.4) is 0 Å². The maximum Gasteiger partial charge on any atom is 0.120 e. The third-order valence-corrected chi connectivity index (χ3v) is 2.77. The van der Waals surface area contributed by atoms with Gasteiger partial charge in [-0.25, -0.2) is 4.98 Å². The van der Waals surface area contributed by atoms with Crippen molar-refractivity contribution in [3.63, 3.8) is 0 Å². The van der Waals surface area contributed by atoms with Gasteiger partial charge in [-0.3, -0.25) is 0 Å². The quantitative estimate of drug-likeness (QED) is 0.874. The molecule has 0 aromatic carbocycles. The van der Waals surface area contributed by atoms with Crippen LogP contribution in [0.25, 0.3) is 0 Å². The number of nitrogens with zero attached hydrogens (tertiary/aromatic N) is 1. The van der Waals surface area contributed by atoms with Crippen molar-refractivity contribution in [3.8, 4) is 0 Å². The lowest BCUT2D eigenvalue weighted by Crippen LogP contribution is -2.18. The Balaban J connectivity index is 1.92. The van der Waals surface area contributed by atoms with Crippen molar-refractivity contribution in [1.29, 1.82) is 0 Å². The Morgan fingerprint density at radius 1 is 1.38 bits per heavy atom. The van der Waals surface area contributed by atoms with Crippen molar-refractivity contribution in [3.05, 3.63) is 52.7 Å². The Morgan fingerprint density at radius 2 is 2.25 bits per heavy atom. The highest BCUT2D eigenvalue weighted by molar-refractivity contribution is 9.10. The van der Waals surface area contributed by atoms with Gasteiger partial charge in [0, 0.05) is 6.54 Å². The molecule has 2 rings (SSSR count). The van der Waals surface area contributed by atoms with E-state index in [2.05, 4.69) is 33.2 Å². The largest absolute Gasteiger partial charge is 0.468 e. The molecule has 0 aliphatic heterocycles. The minimum absolute atomic E-state index is 0.191. The first kappa shape index (κ1) is 11.4. The average Bonchev–Trinajstić information content (AvgIpc) is 2.79. The van der Waals surface area contributed by atoms with Crippen LogP contribution in [0.1, 0.15) is 24.4 Å². The highest BCUT2D eigenvalue weighted by Crippen LogP contribution is 2.13. The van der Waals surface area contributed by atoms with Crippen LogP contribution < -0.4 is 5.32 Å². The number of hydrogen-bond donors (Lipinski definition) is 1. The maximum absolute atomic E-state index is 5.32. The van der Waals surface area contributed by atoms with E-state index >= 15 is 0 Å². The Labute approximate surface area is 103 Å². The third-order valence-electron chi connectivity index (χ3n) is 2.33. The van der Waals surface area contributed by atoms with E-state index in [0.29, 0.717) is 0 Å². The Kier molecular flexibility index (Phi) is 3.74. The maximum atomic E-state index is 5.32. The molecule has 2 aromatic rings. The summed E-state index contributed by atoms with van der Waals surface area (Å²) >= 11 is 3.35.